The number of hydrogen-bond acceptors (Lipinski definition) is 7. The topological polar surface area (TPSA) is 106 Å². The fourth-order valence-corrected chi connectivity index (χ4v) is 5.78. The maximum Gasteiger partial charge on any atom is 0.324 e. The molecular weight excluding hydrogens is 436 g/mol. The molecule has 0 radical (unpaired) electrons. The van der Waals surface area contributed by atoms with Crippen LogP contribution in [0.25, 0.3) is 0 Å². The highest BCUT2D eigenvalue weighted by molar-refractivity contribution is 8.03. The number of hydrogen-bond donors (Lipinski definition) is 2. The van der Waals surface area contributed by atoms with Crippen LogP contribution in [0.5, 0.6) is 0 Å². The molecule has 1 fully saturated rings. The second-order valence-corrected chi connectivity index (χ2v) is 10.3. The zero-order valence-corrected chi connectivity index (χ0v) is 21.4. The summed E-state index contributed by atoms with van der Waals surface area (Å²) in [7, 11) is 3.89. The van der Waals surface area contributed by atoms with Crippen LogP contribution in [-0.2, 0) is 4.79 Å². The zero-order valence-electron chi connectivity index (χ0n) is 20.6. The van der Waals surface area contributed by atoms with E-state index in [2.05, 4.69) is 29.8 Å². The highest BCUT2D eigenvalue weighted by Crippen LogP contribution is 2.38. The van der Waals surface area contributed by atoms with E-state index in [1.165, 1.54) is 16.7 Å². The number of likely N-dealkylation sites (tertiary alicyclic amines) is 1. The maximum atomic E-state index is 13.5. The predicted octanol–water partition coefficient (Wildman–Crippen LogP) is 2.60. The quantitative estimate of drug-likeness (QED) is 0.582. The lowest BCUT2D eigenvalue weighted by Crippen LogP contribution is -2.55. The van der Waals surface area contributed by atoms with Gasteiger partial charge in [0.1, 0.15) is 6.07 Å². The first-order valence-corrected chi connectivity index (χ1v) is 12.9. The van der Waals surface area contributed by atoms with Gasteiger partial charge in [-0.15, -0.1) is 11.8 Å². The molecule has 3 N–H and O–H groups in total. The summed E-state index contributed by atoms with van der Waals surface area (Å²) >= 11 is 1.52. The zero-order chi connectivity index (χ0) is 24.5. The fraction of sp³-hybridized carbons (Fsp3) is 0.708. The Morgan fingerprint density at radius 1 is 1.36 bits per heavy atom. The Kier molecular flexibility index (Phi) is 10.7. The SMILES string of the molecule is C=C1C[C@H]2C[C@@H](C(=O)N(CC)C(=O)NCCN(C)C)CN(CCC)[C@@H]2CCS/C(N)=C\1C#N. The molecule has 184 valence electrons. The Hall–Kier alpha value is -2.02. The van der Waals surface area contributed by atoms with E-state index >= 15 is 0 Å². The lowest BCUT2D eigenvalue weighted by molar-refractivity contribution is -0.136. The number of likely N-dealkylation sites (N-methyl/N-ethyl adjacent to an activating group) is 1. The normalized spacial score (nSPS) is 26.5. The molecule has 2 aliphatic heterocycles. The summed E-state index contributed by atoms with van der Waals surface area (Å²) in [5, 5.41) is 13.0. The van der Waals surface area contributed by atoms with Gasteiger partial charge in [-0.2, -0.15) is 5.26 Å². The number of nitrogens with two attached hydrogens (primary N) is 1. The number of amides is 3. The minimum Gasteiger partial charge on any atom is -0.392 e. The van der Waals surface area contributed by atoms with Crippen LogP contribution in [0, 0.1) is 23.2 Å². The molecule has 9 heteroatoms. The number of urea groups is 1. The summed E-state index contributed by atoms with van der Waals surface area (Å²) in [5.74, 6) is 0.650. The lowest BCUT2D eigenvalue weighted by atomic mass is 9.77. The van der Waals surface area contributed by atoms with Gasteiger partial charge in [0.25, 0.3) is 0 Å². The molecule has 0 aromatic carbocycles. The molecule has 1 saturated heterocycles. The summed E-state index contributed by atoms with van der Waals surface area (Å²) in [4.78, 5) is 32.0. The Bertz CT molecular complexity index is 790. The van der Waals surface area contributed by atoms with E-state index in [0.29, 0.717) is 55.7 Å². The third-order valence-corrected chi connectivity index (χ3v) is 7.42. The van der Waals surface area contributed by atoms with Crippen molar-refractivity contribution in [3.05, 3.63) is 22.8 Å². The summed E-state index contributed by atoms with van der Waals surface area (Å²) in [6.07, 6.45) is 3.27. The summed E-state index contributed by atoms with van der Waals surface area (Å²) in [6, 6.07) is 2.21. The molecule has 2 rings (SSSR count). The van der Waals surface area contributed by atoms with Gasteiger partial charge in [0.2, 0.25) is 5.91 Å². The smallest absolute Gasteiger partial charge is 0.324 e. The fourth-order valence-electron chi connectivity index (χ4n) is 4.87. The third-order valence-electron chi connectivity index (χ3n) is 6.47. The molecule has 3 amide bonds. The molecule has 33 heavy (non-hydrogen) atoms. The second-order valence-electron chi connectivity index (χ2n) is 9.17. The molecular formula is C24H40N6O2S. The van der Waals surface area contributed by atoms with Crippen molar-refractivity contribution in [1.82, 2.24) is 20.0 Å². The Morgan fingerprint density at radius 3 is 2.70 bits per heavy atom. The van der Waals surface area contributed by atoms with Gasteiger partial charge in [-0.05, 0) is 64.7 Å². The molecule has 0 aromatic heterocycles. The van der Waals surface area contributed by atoms with E-state index in [-0.39, 0.29) is 23.8 Å². The Labute approximate surface area is 203 Å². The van der Waals surface area contributed by atoms with Crippen molar-refractivity contribution in [2.75, 3.05) is 52.6 Å². The lowest BCUT2D eigenvalue weighted by Gasteiger charge is -2.45. The molecule has 2 aliphatic rings. The standard InChI is InChI=1S/C24H40N6O2S/c1-6-10-29-16-19(23(31)30(7-2)24(32)27-9-11-28(4)5)14-18-13-17(3)20(15-25)22(26)33-12-8-21(18)29/h18-19,21H,3,6-14,16,26H2,1-2,4-5H3,(H,27,32)/b22-20-/t18-,19+,21+/m0/s1. The van der Waals surface area contributed by atoms with Gasteiger partial charge in [-0.3, -0.25) is 14.6 Å². The van der Waals surface area contributed by atoms with E-state index in [4.69, 9.17) is 5.73 Å². The van der Waals surface area contributed by atoms with Crippen molar-refractivity contribution >= 4 is 23.7 Å². The van der Waals surface area contributed by atoms with Crippen LogP contribution in [-0.4, -0.2) is 85.3 Å². The van der Waals surface area contributed by atoms with Crippen LogP contribution in [0.4, 0.5) is 4.79 Å². The van der Waals surface area contributed by atoms with Crippen LogP contribution in [0.1, 0.15) is 39.5 Å². The predicted molar refractivity (Wildman–Crippen MR) is 134 cm³/mol. The molecule has 8 nitrogen and oxygen atoms in total. The van der Waals surface area contributed by atoms with Crippen LogP contribution in [0.3, 0.4) is 0 Å². The van der Waals surface area contributed by atoms with Gasteiger partial charge < -0.3 is 16.0 Å². The number of thioether (sulfide) groups is 1. The van der Waals surface area contributed by atoms with Gasteiger partial charge in [0.05, 0.1) is 16.5 Å². The number of allylic oxidation sites excluding steroid dienone is 2. The summed E-state index contributed by atoms with van der Waals surface area (Å²) in [6.45, 7) is 11.3. The molecule has 0 aliphatic carbocycles. The number of nitrogens with zero attached hydrogens (tertiary/aromatic N) is 4. The Balaban J connectivity index is 2.21. The van der Waals surface area contributed by atoms with E-state index in [1.807, 2.05) is 25.9 Å². The average Bonchev–Trinajstić information content (AvgIpc) is 2.81. The first-order valence-electron chi connectivity index (χ1n) is 11.9. The van der Waals surface area contributed by atoms with Crippen LogP contribution in [0.15, 0.2) is 22.8 Å². The van der Waals surface area contributed by atoms with E-state index < -0.39 is 0 Å². The monoisotopic (exact) mass is 476 g/mol. The third kappa shape index (κ3) is 7.23. The van der Waals surface area contributed by atoms with E-state index in [0.717, 1.165) is 30.7 Å². The molecule has 0 bridgehead atoms. The van der Waals surface area contributed by atoms with E-state index in [1.54, 1.807) is 0 Å². The molecule has 0 aromatic rings. The number of nitrogens with one attached hydrogen (secondary N) is 1. The van der Waals surface area contributed by atoms with Gasteiger partial charge >= 0.3 is 6.03 Å². The summed E-state index contributed by atoms with van der Waals surface area (Å²) in [5.41, 5.74) is 7.39. The number of piperidine rings is 1. The largest absolute Gasteiger partial charge is 0.392 e. The highest BCUT2D eigenvalue weighted by Gasteiger charge is 2.41. The second kappa shape index (κ2) is 13.0. The molecule has 3 atom stereocenters. The first-order chi connectivity index (χ1) is 15.7. The van der Waals surface area contributed by atoms with Crippen molar-refractivity contribution < 1.29 is 9.59 Å². The minimum atomic E-state index is -0.328. The van der Waals surface area contributed by atoms with Gasteiger partial charge in [0, 0.05) is 38.0 Å². The number of rotatable bonds is 7. The number of nitriles is 1. The van der Waals surface area contributed by atoms with Crippen LogP contribution in [0.2, 0.25) is 0 Å². The summed E-state index contributed by atoms with van der Waals surface area (Å²) < 4.78 is 0. The highest BCUT2D eigenvalue weighted by atomic mass is 32.2. The van der Waals surface area contributed by atoms with Crippen molar-refractivity contribution in [2.45, 2.75) is 45.6 Å². The van der Waals surface area contributed by atoms with Crippen molar-refractivity contribution in [3.63, 3.8) is 0 Å². The molecule has 0 saturated carbocycles. The van der Waals surface area contributed by atoms with Gasteiger partial charge in [0.15, 0.2) is 0 Å². The van der Waals surface area contributed by atoms with Crippen molar-refractivity contribution in [1.29, 1.82) is 5.26 Å². The number of carbonyl (C=O) groups is 2. The average molecular weight is 477 g/mol. The number of imide groups is 1. The van der Waals surface area contributed by atoms with Crippen molar-refractivity contribution in [2.24, 2.45) is 17.6 Å². The van der Waals surface area contributed by atoms with Crippen molar-refractivity contribution in [3.8, 4) is 6.07 Å². The van der Waals surface area contributed by atoms with Gasteiger partial charge in [-0.1, -0.05) is 13.5 Å². The number of carbonyl (C=O) groups excluding carboxylic acids is 2. The minimum absolute atomic E-state index is 0.116. The Morgan fingerprint density at radius 2 is 2.09 bits per heavy atom. The molecule has 0 spiro atoms. The van der Waals surface area contributed by atoms with Crippen LogP contribution >= 0.6 is 11.8 Å². The van der Waals surface area contributed by atoms with E-state index in [9.17, 15) is 14.9 Å². The molecule has 2 heterocycles. The first kappa shape index (κ1) is 27.2. The molecule has 0 unspecified atom stereocenters. The van der Waals surface area contributed by atoms with Gasteiger partial charge in [-0.25, -0.2) is 4.79 Å². The van der Waals surface area contributed by atoms with Crippen LogP contribution < -0.4 is 11.1 Å². The number of fused-ring (bicyclic) bond motifs is 1. The maximum absolute atomic E-state index is 13.5.